The molecule has 1 fully saturated rings. The van der Waals surface area contributed by atoms with E-state index in [2.05, 4.69) is 0 Å². The van der Waals surface area contributed by atoms with Gasteiger partial charge < -0.3 is 67.0 Å². The Bertz CT molecular complexity index is 3440. The molecule has 424 valence electrons. The summed E-state index contributed by atoms with van der Waals surface area (Å²) in [6.45, 7) is 3.30. The maximum Gasteiger partial charge on any atom is 0.501 e. The molecule has 0 radical (unpaired) electrons. The summed E-state index contributed by atoms with van der Waals surface area (Å²) >= 11 is 3.29. The molecule has 4 N–H and O–H groups in total. The predicted molar refractivity (Wildman–Crippen MR) is 296 cm³/mol. The Labute approximate surface area is 473 Å². The number of fused-ring (bicyclic) bond motifs is 6. The van der Waals surface area contributed by atoms with Gasteiger partial charge in [-0.25, -0.2) is 0 Å². The molecule has 6 aromatic rings. The molecule has 0 aliphatic carbocycles. The minimum Gasteiger partial charge on any atom is -0.493 e. The number of rotatable bonds is 18. The molecule has 0 spiro atoms. The van der Waals surface area contributed by atoms with Gasteiger partial charge in [-0.05, 0) is 99.6 Å². The van der Waals surface area contributed by atoms with Crippen molar-refractivity contribution in [3.63, 3.8) is 0 Å². The molecule has 2 amide bonds. The van der Waals surface area contributed by atoms with Gasteiger partial charge >= 0.3 is 10.4 Å². The molecule has 0 saturated carbocycles. The van der Waals surface area contributed by atoms with Gasteiger partial charge in [-0.2, -0.15) is 0 Å². The molecule has 0 bridgehead atoms. The van der Waals surface area contributed by atoms with E-state index >= 15 is 0 Å². The third-order valence-electron chi connectivity index (χ3n) is 14.4. The van der Waals surface area contributed by atoms with Crippen LogP contribution in [0, 0.1) is 5.92 Å². The predicted octanol–water partition coefficient (Wildman–Crippen LogP) is 6.66. The lowest BCUT2D eigenvalue weighted by atomic mass is 9.99. The van der Waals surface area contributed by atoms with Gasteiger partial charge in [0, 0.05) is 72.2 Å². The Kier molecular flexibility index (Phi) is 15.7. The summed E-state index contributed by atoms with van der Waals surface area (Å²) in [5, 5.41) is 45.5. The topological polar surface area (TPSA) is 271 Å². The smallest absolute Gasteiger partial charge is 0.493 e. The van der Waals surface area contributed by atoms with Crippen LogP contribution < -0.4 is 32.1 Å². The van der Waals surface area contributed by atoms with E-state index in [9.17, 15) is 43.2 Å². The Balaban J connectivity index is 0.899. The average Bonchev–Trinajstić information content (AvgIpc) is 4.22. The van der Waals surface area contributed by atoms with Crippen molar-refractivity contribution in [3.8, 4) is 40.2 Å². The van der Waals surface area contributed by atoms with E-state index in [1.807, 2.05) is 36.7 Å². The number of hydrogen-bond donors (Lipinski definition) is 4. The summed E-state index contributed by atoms with van der Waals surface area (Å²) in [5.41, 5.74) is 4.30. The van der Waals surface area contributed by atoms with Gasteiger partial charge in [0.1, 0.15) is 43.4 Å². The van der Waals surface area contributed by atoms with Gasteiger partial charge in [-0.1, -0.05) is 13.8 Å². The molecule has 7 heterocycles. The summed E-state index contributed by atoms with van der Waals surface area (Å²) < 4.78 is 75.2. The first kappa shape index (κ1) is 55.5. The largest absolute Gasteiger partial charge is 0.501 e. The van der Waals surface area contributed by atoms with Gasteiger partial charge in [-0.3, -0.25) is 24.4 Å². The third-order valence-corrected chi connectivity index (χ3v) is 17.2. The maximum absolute atomic E-state index is 14.2. The van der Waals surface area contributed by atoms with Crippen LogP contribution in [0.5, 0.6) is 40.2 Å². The molecule has 2 aromatic heterocycles. The zero-order chi connectivity index (χ0) is 56.9. The van der Waals surface area contributed by atoms with Crippen molar-refractivity contribution >= 4 is 74.5 Å². The number of benzene rings is 4. The Morgan fingerprint density at radius 3 is 1.77 bits per heavy atom. The number of methoxy groups -OCH3 is 2. The van der Waals surface area contributed by atoms with Crippen LogP contribution in [0.1, 0.15) is 83.4 Å². The lowest BCUT2D eigenvalue weighted by molar-refractivity contribution is -0.277. The number of thiophene rings is 2. The molecule has 1 saturated heterocycles. The lowest BCUT2D eigenvalue weighted by Crippen LogP contribution is -2.60. The van der Waals surface area contributed by atoms with Crippen LogP contribution >= 0.6 is 22.7 Å². The molecule has 21 nitrogen and oxygen atoms in total. The first-order valence-electron chi connectivity index (χ1n) is 25.9. The van der Waals surface area contributed by atoms with Crippen LogP contribution in [-0.4, -0.2) is 132 Å². The summed E-state index contributed by atoms with van der Waals surface area (Å²) in [6.07, 6.45) is -3.68. The summed E-state index contributed by atoms with van der Waals surface area (Å²) in [4.78, 5) is 56.9. The van der Waals surface area contributed by atoms with Crippen LogP contribution in [0.2, 0.25) is 0 Å². The van der Waals surface area contributed by atoms with E-state index in [-0.39, 0.29) is 95.3 Å². The van der Waals surface area contributed by atoms with E-state index in [1.54, 1.807) is 75.2 Å². The molecule has 7 atom stereocenters. The average molecular weight is 1170 g/mol. The Hall–Kier alpha value is -7.42. The maximum atomic E-state index is 14.2. The molecule has 24 heteroatoms. The van der Waals surface area contributed by atoms with Gasteiger partial charge in [0.25, 0.3) is 11.8 Å². The van der Waals surface area contributed by atoms with Crippen molar-refractivity contribution in [3.05, 3.63) is 132 Å². The van der Waals surface area contributed by atoms with Crippen molar-refractivity contribution in [1.82, 2.24) is 9.80 Å². The minimum absolute atomic E-state index is 0.0422. The molecule has 5 aliphatic rings. The molecular formula is C57H56N4O17S3. The number of hydrogen-bond acceptors (Lipinski definition) is 21. The van der Waals surface area contributed by atoms with Crippen molar-refractivity contribution < 1.29 is 80.0 Å². The normalized spacial score (nSPS) is 21.8. The fourth-order valence-corrected chi connectivity index (χ4v) is 12.9. The van der Waals surface area contributed by atoms with E-state index in [4.69, 9.17) is 46.8 Å². The highest BCUT2D eigenvalue weighted by molar-refractivity contribution is 7.82. The first-order valence-corrected chi connectivity index (χ1v) is 29.0. The number of carbonyl (C=O) groups excluding carboxylic acids is 3. The van der Waals surface area contributed by atoms with E-state index in [0.717, 1.165) is 17.2 Å². The lowest BCUT2D eigenvalue weighted by Gasteiger charge is -2.39. The highest BCUT2D eigenvalue weighted by atomic mass is 32.3. The standard InChI is InChI=1S/C57H56N4O17S3/c1-29(2)11-42(63)32-5-6-43(75-57-54(66)53(65)52(64)49(26-62)76-57)48(15-32)78-81(69,70)77-37-13-30(27-73-46-20-40-38(18-44(46)71-3)55(67)60-24-33-7-9-79-50(33)16-35(60)22-58-40)12-31(14-37)28-74-47-21-41-39(19-45(47)72-4)56(68)61-25-34-8-10-80-51(34)17-36(61)23-59-41/h5-10,12-15,18-23,29,35-36,49,52-54,57,62,64-66H,11,16-17,24-28H2,1-4H3/t35-,36-,49+,52-,53-,54+,57?/m0/s1. The fraction of sp³-hybridized carbons (Fsp3) is 0.351. The van der Waals surface area contributed by atoms with Crippen LogP contribution in [0.3, 0.4) is 0 Å². The van der Waals surface area contributed by atoms with Crippen LogP contribution in [0.15, 0.2) is 93.5 Å². The number of aliphatic imine (C=N–C) groups is 2. The molecule has 11 rings (SSSR count). The minimum atomic E-state index is -5.19. The second kappa shape index (κ2) is 22.8. The van der Waals surface area contributed by atoms with E-state index < -0.39 is 53.5 Å². The Morgan fingerprint density at radius 1 is 0.691 bits per heavy atom. The van der Waals surface area contributed by atoms with Crippen molar-refractivity contribution in [2.24, 2.45) is 15.9 Å². The van der Waals surface area contributed by atoms with E-state index in [1.165, 1.54) is 48.2 Å². The third kappa shape index (κ3) is 11.5. The van der Waals surface area contributed by atoms with Gasteiger partial charge in [-0.15, -0.1) is 31.1 Å². The summed E-state index contributed by atoms with van der Waals surface area (Å²) in [5.74, 6) is -1.21. The highest BCUT2D eigenvalue weighted by Gasteiger charge is 2.45. The van der Waals surface area contributed by atoms with Crippen molar-refractivity contribution in [2.75, 3.05) is 20.8 Å². The molecule has 5 aliphatic heterocycles. The molecule has 1 unspecified atom stereocenters. The second-order valence-corrected chi connectivity index (χ2v) is 23.5. The number of aliphatic hydroxyl groups is 4. The van der Waals surface area contributed by atoms with Gasteiger partial charge in [0.05, 0.1) is 55.4 Å². The number of ketones is 1. The van der Waals surface area contributed by atoms with Crippen molar-refractivity contribution in [2.45, 2.75) is 102 Å². The van der Waals surface area contributed by atoms with Gasteiger partial charge in [0.15, 0.2) is 40.3 Å². The summed E-state index contributed by atoms with van der Waals surface area (Å²) in [6, 6.07) is 18.0. The second-order valence-electron chi connectivity index (χ2n) is 20.4. The zero-order valence-electron chi connectivity index (χ0n) is 44.1. The number of nitrogens with zero attached hydrogens (tertiary/aromatic N) is 4. The first-order chi connectivity index (χ1) is 39.0. The van der Waals surface area contributed by atoms with Crippen molar-refractivity contribution in [1.29, 1.82) is 0 Å². The molecular weight excluding hydrogens is 1110 g/mol. The Morgan fingerprint density at radius 2 is 1.25 bits per heavy atom. The number of amides is 2. The summed E-state index contributed by atoms with van der Waals surface area (Å²) in [7, 11) is -2.31. The van der Waals surface area contributed by atoms with Crippen LogP contribution in [0.25, 0.3) is 0 Å². The monoisotopic (exact) mass is 1160 g/mol. The number of ether oxygens (including phenoxy) is 6. The number of carbonyl (C=O) groups is 3. The fourth-order valence-electron chi connectivity index (χ4n) is 10.3. The van der Waals surface area contributed by atoms with Crippen LogP contribution in [0.4, 0.5) is 11.4 Å². The van der Waals surface area contributed by atoms with Crippen LogP contribution in [-0.2, 0) is 54.3 Å². The number of aliphatic hydroxyl groups excluding tert-OH is 4. The molecule has 4 aromatic carbocycles. The quantitative estimate of drug-likeness (QED) is 0.0655. The highest BCUT2D eigenvalue weighted by Crippen LogP contribution is 2.42. The van der Waals surface area contributed by atoms with E-state index in [0.29, 0.717) is 59.6 Å². The van der Waals surface area contributed by atoms with Gasteiger partial charge in [0.2, 0.25) is 6.29 Å². The molecule has 81 heavy (non-hydrogen) atoms. The SMILES string of the molecule is COc1cc2c(cc1OCc1cc(COc3cc4c(cc3OC)C(=O)N3Cc5ccsc5C[C@H]3C=N4)cc(OS(=O)(=O)Oc3cc(C(=O)CC(C)C)ccc3OC3O[C@H](CO)[C@H](O)[C@H](O)[C@H]3O)c1)N=C[C@@H]1Cc3sccc3CN1C2=O. The zero-order valence-corrected chi connectivity index (χ0v) is 46.6. The number of Topliss-reactive ketones (excluding diaryl/α,β-unsaturated/α-hetero) is 1.